The van der Waals surface area contributed by atoms with Crippen LogP contribution >= 0.6 is 0 Å². The summed E-state index contributed by atoms with van der Waals surface area (Å²) in [5.74, 6) is -2.51. The van der Waals surface area contributed by atoms with Crippen molar-refractivity contribution in [3.05, 3.63) is 5.69 Å². The van der Waals surface area contributed by atoms with Gasteiger partial charge in [0.2, 0.25) is 0 Å². The topological polar surface area (TPSA) is 176 Å². The molecule has 98 valence electrons. The molecule has 0 aliphatic carbocycles. The number of aromatic amines is 1. The molecule has 0 saturated carbocycles. The third-order valence-corrected chi connectivity index (χ3v) is 3.94. The maximum atomic E-state index is 11.2. The number of carbonyl (C=O) groups is 2. The minimum Gasteiger partial charge on any atom is -0.744 e. The van der Waals surface area contributed by atoms with Crippen molar-refractivity contribution >= 4 is 37.6 Å². The number of hydrogen-bond acceptors (Lipinski definition) is 8. The molecule has 0 radical (unpaired) electrons. The maximum absolute atomic E-state index is 11.2. The van der Waals surface area contributed by atoms with Crippen LogP contribution in [0.5, 0.6) is 0 Å². The molecular formula is C6H2N2Na2O8S2. The van der Waals surface area contributed by atoms with E-state index in [9.17, 15) is 35.5 Å². The number of fused-ring (bicyclic) bond motifs is 1. The zero-order valence-electron chi connectivity index (χ0n) is 10.1. The van der Waals surface area contributed by atoms with Gasteiger partial charge in [0.05, 0.1) is 5.69 Å². The van der Waals surface area contributed by atoms with Crippen molar-refractivity contribution < 1.29 is 94.6 Å². The summed E-state index contributed by atoms with van der Waals surface area (Å²) in [5.41, 5.74) is -1.56. The molecule has 0 spiro atoms. The van der Waals surface area contributed by atoms with E-state index in [4.69, 9.17) is 0 Å². The molecule has 0 fully saturated rings. The predicted octanol–water partition coefficient (Wildman–Crippen LogP) is -8.03. The van der Waals surface area contributed by atoms with Gasteiger partial charge in [-0.25, -0.2) is 16.8 Å². The molecule has 1 amide bonds. The monoisotopic (exact) mass is 340 g/mol. The third-order valence-electron chi connectivity index (χ3n) is 2.09. The summed E-state index contributed by atoms with van der Waals surface area (Å²) in [6.45, 7) is 0. The van der Waals surface area contributed by atoms with Gasteiger partial charge >= 0.3 is 59.1 Å². The zero-order chi connectivity index (χ0) is 13.9. The summed E-state index contributed by atoms with van der Waals surface area (Å²) in [5, 5.41) is 0.250. The number of amides is 1. The fraction of sp³-hybridized carbons (Fsp3) is 0. The number of H-pyrrole nitrogens is 1. The van der Waals surface area contributed by atoms with Gasteiger partial charge in [-0.3, -0.25) is 9.59 Å². The molecule has 0 bridgehead atoms. The second-order valence-electron chi connectivity index (χ2n) is 3.22. The molecule has 0 unspecified atom stereocenters. The van der Waals surface area contributed by atoms with Crippen molar-refractivity contribution in [2.75, 3.05) is 5.32 Å². The van der Waals surface area contributed by atoms with Gasteiger partial charge in [0, 0.05) is 0 Å². The van der Waals surface area contributed by atoms with E-state index in [1.807, 2.05) is 0 Å². The molecule has 2 heterocycles. The first-order valence-corrected chi connectivity index (χ1v) is 6.88. The van der Waals surface area contributed by atoms with Gasteiger partial charge in [0.15, 0.2) is 0 Å². The molecule has 1 aromatic rings. The van der Waals surface area contributed by atoms with Crippen LogP contribution in [0.1, 0.15) is 10.5 Å². The standard InChI is InChI=1S/C6H4N2O8S2.2Na/c9-3-1-2(7-5(3)10)4(17(11,12)13)6(8-1)18(14,15)16;;/h8H,(H,7,9,10)(H,11,12,13)(H,14,15,16);;/q;2*+1/p-2. The molecule has 2 rings (SSSR count). The van der Waals surface area contributed by atoms with E-state index >= 15 is 0 Å². The van der Waals surface area contributed by atoms with Crippen LogP contribution < -0.4 is 64.4 Å². The van der Waals surface area contributed by atoms with Crippen LogP contribution in [0.15, 0.2) is 9.92 Å². The second kappa shape index (κ2) is 6.16. The first kappa shape index (κ1) is 20.2. The minimum absolute atomic E-state index is 0. The molecule has 1 aromatic heterocycles. The van der Waals surface area contributed by atoms with Crippen molar-refractivity contribution in [3.63, 3.8) is 0 Å². The summed E-state index contributed by atoms with van der Waals surface area (Å²) in [4.78, 5) is 22.3. The van der Waals surface area contributed by atoms with Gasteiger partial charge in [-0.2, -0.15) is 0 Å². The Bertz CT molecular complexity index is 793. The summed E-state index contributed by atoms with van der Waals surface area (Å²) < 4.78 is 65.0. The molecule has 1 aliphatic heterocycles. The molecule has 0 aromatic carbocycles. The Labute approximate surface area is 156 Å². The summed E-state index contributed by atoms with van der Waals surface area (Å²) >= 11 is 0. The Hall–Kier alpha value is 0.240. The van der Waals surface area contributed by atoms with E-state index in [0.717, 1.165) is 0 Å². The average Bonchev–Trinajstić information content (AvgIpc) is 2.64. The first-order chi connectivity index (χ1) is 8.03. The van der Waals surface area contributed by atoms with Gasteiger partial charge in [-0.15, -0.1) is 0 Å². The smallest absolute Gasteiger partial charge is 0.744 e. The van der Waals surface area contributed by atoms with Crippen LogP contribution in [0.4, 0.5) is 5.69 Å². The summed E-state index contributed by atoms with van der Waals surface area (Å²) in [7, 11) is -10.7. The van der Waals surface area contributed by atoms with Crippen LogP contribution in [-0.4, -0.2) is 42.6 Å². The van der Waals surface area contributed by atoms with E-state index in [2.05, 4.69) is 0 Å². The SMILES string of the molecule is O=C1Nc2c([nH]c(S(=O)(=O)[O-])c2S(=O)(=O)[O-])C1=O.[Na+].[Na+]. The molecule has 10 nitrogen and oxygen atoms in total. The number of aromatic nitrogens is 1. The number of hydrogen-bond donors (Lipinski definition) is 2. The summed E-state index contributed by atoms with van der Waals surface area (Å²) in [6, 6.07) is 0. The van der Waals surface area contributed by atoms with Gasteiger partial charge in [0.1, 0.15) is 35.9 Å². The number of nitrogens with one attached hydrogen (secondary N) is 2. The first-order valence-electron chi connectivity index (χ1n) is 4.07. The summed E-state index contributed by atoms with van der Waals surface area (Å²) in [6.07, 6.45) is 0. The molecule has 0 saturated heterocycles. The van der Waals surface area contributed by atoms with Crippen LogP contribution in [0.3, 0.4) is 0 Å². The van der Waals surface area contributed by atoms with Crippen molar-refractivity contribution in [1.29, 1.82) is 0 Å². The van der Waals surface area contributed by atoms with E-state index in [-0.39, 0.29) is 59.1 Å². The van der Waals surface area contributed by atoms with E-state index in [1.165, 1.54) is 0 Å². The fourth-order valence-corrected chi connectivity index (χ4v) is 3.30. The number of anilines is 1. The molecule has 20 heavy (non-hydrogen) atoms. The number of ketones is 1. The largest absolute Gasteiger partial charge is 1.00 e. The van der Waals surface area contributed by atoms with Gasteiger partial charge < -0.3 is 19.4 Å². The minimum atomic E-state index is -5.37. The Morgan fingerprint density at radius 1 is 0.900 bits per heavy atom. The Balaban J connectivity index is 0.00000180. The van der Waals surface area contributed by atoms with Crippen LogP contribution in [0, 0.1) is 0 Å². The average molecular weight is 340 g/mol. The van der Waals surface area contributed by atoms with Crippen LogP contribution in [-0.2, 0) is 25.0 Å². The van der Waals surface area contributed by atoms with Crippen molar-refractivity contribution in [2.24, 2.45) is 0 Å². The maximum Gasteiger partial charge on any atom is 1.00 e. The van der Waals surface area contributed by atoms with E-state index < -0.39 is 53.2 Å². The molecule has 0 atom stereocenters. The van der Waals surface area contributed by atoms with Crippen LogP contribution in [0.2, 0.25) is 0 Å². The van der Waals surface area contributed by atoms with Gasteiger partial charge in [-0.05, 0) is 0 Å². The Kier molecular flexibility index (Phi) is 6.23. The van der Waals surface area contributed by atoms with Crippen molar-refractivity contribution in [2.45, 2.75) is 9.92 Å². The molecule has 2 N–H and O–H groups in total. The van der Waals surface area contributed by atoms with Gasteiger partial charge in [0.25, 0.3) is 11.7 Å². The zero-order valence-corrected chi connectivity index (χ0v) is 15.7. The molecule has 14 heteroatoms. The number of carbonyl (C=O) groups excluding carboxylic acids is 2. The van der Waals surface area contributed by atoms with Crippen molar-refractivity contribution in [1.82, 2.24) is 4.98 Å². The Morgan fingerprint density at radius 3 is 1.80 bits per heavy atom. The van der Waals surface area contributed by atoms with E-state index in [0.29, 0.717) is 0 Å². The van der Waals surface area contributed by atoms with Crippen LogP contribution in [0.25, 0.3) is 0 Å². The van der Waals surface area contributed by atoms with Crippen molar-refractivity contribution in [3.8, 4) is 0 Å². The number of rotatable bonds is 2. The van der Waals surface area contributed by atoms with Gasteiger partial charge in [-0.1, -0.05) is 0 Å². The quantitative estimate of drug-likeness (QED) is 0.303. The molecule has 1 aliphatic rings. The molecular weight excluding hydrogens is 338 g/mol. The second-order valence-corrected chi connectivity index (χ2v) is 5.86. The predicted molar refractivity (Wildman–Crippen MR) is 49.7 cm³/mol. The van der Waals surface area contributed by atoms with E-state index in [1.54, 1.807) is 10.3 Å². The number of Topliss-reactive ketones (excluding diaryl/α,β-unsaturated/α-hetero) is 1. The normalized spacial score (nSPS) is 14.1. The fourth-order valence-electron chi connectivity index (χ4n) is 1.45. The Morgan fingerprint density at radius 2 is 1.40 bits per heavy atom. The third kappa shape index (κ3) is 3.35.